The quantitative estimate of drug-likeness (QED) is 0.477. The van der Waals surface area contributed by atoms with Crippen LogP contribution in [-0.4, -0.2) is 19.2 Å². The molecule has 0 radical (unpaired) electrons. The number of benzene rings is 1. The summed E-state index contributed by atoms with van der Waals surface area (Å²) in [7, 11) is 0. The summed E-state index contributed by atoms with van der Waals surface area (Å²) in [6.07, 6.45) is -3.88. The summed E-state index contributed by atoms with van der Waals surface area (Å²) >= 11 is 0. The number of alkyl halides is 3. The van der Waals surface area contributed by atoms with Crippen LogP contribution in [0, 0.1) is 5.82 Å². The van der Waals surface area contributed by atoms with Gasteiger partial charge >= 0.3 is 12.1 Å². The highest BCUT2D eigenvalue weighted by Gasteiger charge is 2.34. The van der Waals surface area contributed by atoms with Crippen LogP contribution in [0.3, 0.4) is 0 Å². The van der Waals surface area contributed by atoms with Crippen molar-refractivity contribution >= 4 is 5.97 Å². The Bertz CT molecular complexity index is 551. The lowest BCUT2D eigenvalue weighted by Crippen LogP contribution is -2.19. The molecular weight excluding hydrogens is 284 g/mol. The van der Waals surface area contributed by atoms with Crippen LogP contribution in [0.4, 0.5) is 17.6 Å². The van der Waals surface area contributed by atoms with Gasteiger partial charge in [0.2, 0.25) is 5.76 Å². The molecule has 1 aliphatic heterocycles. The van der Waals surface area contributed by atoms with Crippen LogP contribution < -0.4 is 4.74 Å². The van der Waals surface area contributed by atoms with E-state index in [-0.39, 0.29) is 19.0 Å². The molecule has 4 nitrogen and oxygen atoms in total. The molecular formula is C12H8F4O4. The van der Waals surface area contributed by atoms with E-state index in [1.165, 1.54) is 0 Å². The number of hydrogen-bond donors (Lipinski definition) is 0. The molecule has 1 aromatic rings. The summed E-state index contributed by atoms with van der Waals surface area (Å²) in [4.78, 5) is 11.5. The van der Waals surface area contributed by atoms with Gasteiger partial charge in [-0.15, -0.1) is 0 Å². The second-order valence-corrected chi connectivity index (χ2v) is 3.73. The van der Waals surface area contributed by atoms with E-state index in [0.29, 0.717) is 12.1 Å². The minimum absolute atomic E-state index is 0.123. The van der Waals surface area contributed by atoms with Crippen molar-refractivity contribution in [1.82, 2.24) is 0 Å². The Morgan fingerprint density at radius 3 is 2.60 bits per heavy atom. The predicted octanol–water partition coefficient (Wildman–Crippen LogP) is 2.64. The first-order valence-electron chi connectivity index (χ1n) is 5.41. The molecule has 0 unspecified atom stereocenters. The molecule has 0 saturated heterocycles. The Hall–Kier alpha value is -2.25. The minimum Gasteiger partial charge on any atom is -0.493 e. The van der Waals surface area contributed by atoms with Crippen LogP contribution in [-0.2, 0) is 20.4 Å². The maximum absolute atomic E-state index is 13.0. The van der Waals surface area contributed by atoms with Gasteiger partial charge in [0, 0.05) is 0 Å². The summed E-state index contributed by atoms with van der Waals surface area (Å²) in [5, 5.41) is 0. The van der Waals surface area contributed by atoms with Gasteiger partial charge in [-0.25, -0.2) is 9.18 Å². The van der Waals surface area contributed by atoms with Gasteiger partial charge in [-0.2, -0.15) is 13.2 Å². The van der Waals surface area contributed by atoms with E-state index in [1.807, 2.05) is 0 Å². The van der Waals surface area contributed by atoms with Crippen molar-refractivity contribution in [3.05, 3.63) is 41.6 Å². The standard InChI is InChI=1S/C12H8F4O4/c13-9-2-1-7(5-8(9)12(14,15)16)20-11(17)10-6-18-3-4-19-10/h1-2,5-6H,3-4H2. The van der Waals surface area contributed by atoms with Gasteiger partial charge in [0.05, 0.1) is 5.56 Å². The Morgan fingerprint density at radius 2 is 2.00 bits per heavy atom. The van der Waals surface area contributed by atoms with Gasteiger partial charge in [0.15, 0.2) is 0 Å². The lowest BCUT2D eigenvalue weighted by atomic mass is 10.2. The second-order valence-electron chi connectivity index (χ2n) is 3.73. The Balaban J connectivity index is 2.18. The monoisotopic (exact) mass is 292 g/mol. The first-order chi connectivity index (χ1) is 9.38. The number of rotatable bonds is 2. The van der Waals surface area contributed by atoms with E-state index in [4.69, 9.17) is 9.47 Å². The lowest BCUT2D eigenvalue weighted by molar-refractivity contribution is -0.141. The van der Waals surface area contributed by atoms with Gasteiger partial charge in [0.1, 0.15) is 31.0 Å². The lowest BCUT2D eigenvalue weighted by Gasteiger charge is -2.15. The van der Waals surface area contributed by atoms with E-state index >= 15 is 0 Å². The van der Waals surface area contributed by atoms with Crippen LogP contribution in [0.2, 0.25) is 0 Å². The third kappa shape index (κ3) is 3.19. The number of carbonyl (C=O) groups is 1. The average molecular weight is 292 g/mol. The highest BCUT2D eigenvalue weighted by Crippen LogP contribution is 2.33. The molecule has 1 aromatic carbocycles. The van der Waals surface area contributed by atoms with E-state index in [9.17, 15) is 22.4 Å². The number of halogens is 4. The highest BCUT2D eigenvalue weighted by molar-refractivity contribution is 5.87. The largest absolute Gasteiger partial charge is 0.493 e. The predicted molar refractivity (Wildman–Crippen MR) is 57.0 cm³/mol. The van der Waals surface area contributed by atoms with Crippen molar-refractivity contribution in [3.63, 3.8) is 0 Å². The zero-order chi connectivity index (χ0) is 14.8. The molecule has 0 aromatic heterocycles. The molecule has 1 heterocycles. The Morgan fingerprint density at radius 1 is 1.25 bits per heavy atom. The van der Waals surface area contributed by atoms with Crippen LogP contribution in [0.1, 0.15) is 5.56 Å². The fourth-order valence-electron chi connectivity index (χ4n) is 1.42. The maximum atomic E-state index is 13.0. The minimum atomic E-state index is -4.88. The molecule has 2 rings (SSSR count). The van der Waals surface area contributed by atoms with Crippen LogP contribution in [0.25, 0.3) is 0 Å². The van der Waals surface area contributed by atoms with Gasteiger partial charge in [-0.1, -0.05) is 0 Å². The van der Waals surface area contributed by atoms with Gasteiger partial charge in [-0.05, 0) is 18.2 Å². The summed E-state index contributed by atoms with van der Waals surface area (Å²) in [6, 6.07) is 1.88. The molecule has 0 atom stereocenters. The average Bonchev–Trinajstić information content (AvgIpc) is 2.40. The van der Waals surface area contributed by atoms with Crippen molar-refractivity contribution in [2.45, 2.75) is 6.18 Å². The number of hydrogen-bond acceptors (Lipinski definition) is 4. The van der Waals surface area contributed by atoms with Gasteiger partial charge in [-0.3, -0.25) is 0 Å². The van der Waals surface area contributed by atoms with E-state index in [2.05, 4.69) is 4.74 Å². The summed E-state index contributed by atoms with van der Waals surface area (Å²) in [6.45, 7) is 0.379. The van der Waals surface area contributed by atoms with Crippen LogP contribution in [0.5, 0.6) is 5.75 Å². The molecule has 1 aliphatic rings. The number of carbonyl (C=O) groups excluding carboxylic acids is 1. The molecule has 0 spiro atoms. The van der Waals surface area contributed by atoms with E-state index in [0.717, 1.165) is 12.3 Å². The zero-order valence-electron chi connectivity index (χ0n) is 9.87. The second kappa shape index (κ2) is 5.40. The molecule has 20 heavy (non-hydrogen) atoms. The van der Waals surface area contributed by atoms with Crippen molar-refractivity contribution < 1.29 is 36.6 Å². The number of ether oxygens (including phenoxy) is 3. The molecule has 0 bridgehead atoms. The molecule has 0 fully saturated rings. The fraction of sp³-hybridized carbons (Fsp3) is 0.250. The van der Waals surface area contributed by atoms with Crippen molar-refractivity contribution in [2.24, 2.45) is 0 Å². The Kier molecular flexibility index (Phi) is 3.82. The van der Waals surface area contributed by atoms with E-state index in [1.54, 1.807) is 0 Å². The third-order valence-electron chi connectivity index (χ3n) is 2.30. The third-order valence-corrected chi connectivity index (χ3v) is 2.30. The van der Waals surface area contributed by atoms with Crippen molar-refractivity contribution in [1.29, 1.82) is 0 Å². The fourth-order valence-corrected chi connectivity index (χ4v) is 1.42. The molecule has 0 amide bonds. The molecule has 8 heteroatoms. The number of esters is 1. The molecule has 0 N–H and O–H groups in total. The summed E-state index contributed by atoms with van der Waals surface area (Å²) < 4.78 is 64.9. The van der Waals surface area contributed by atoms with E-state index < -0.39 is 29.3 Å². The first-order valence-corrected chi connectivity index (χ1v) is 5.41. The van der Waals surface area contributed by atoms with Gasteiger partial charge in [0.25, 0.3) is 0 Å². The zero-order valence-corrected chi connectivity index (χ0v) is 9.87. The van der Waals surface area contributed by atoms with Crippen LogP contribution in [0.15, 0.2) is 30.2 Å². The van der Waals surface area contributed by atoms with Crippen molar-refractivity contribution in [2.75, 3.05) is 13.2 Å². The molecule has 0 aliphatic carbocycles. The maximum Gasteiger partial charge on any atom is 0.419 e. The molecule has 0 saturated carbocycles. The highest BCUT2D eigenvalue weighted by atomic mass is 19.4. The van der Waals surface area contributed by atoms with Gasteiger partial charge < -0.3 is 14.2 Å². The summed E-state index contributed by atoms with van der Waals surface area (Å²) in [5.41, 5.74) is -1.52. The topological polar surface area (TPSA) is 44.8 Å². The SMILES string of the molecule is O=C(Oc1ccc(F)c(C(F)(F)F)c1)C1=COCCO1. The van der Waals surface area contributed by atoms with Crippen molar-refractivity contribution in [3.8, 4) is 5.75 Å². The molecule has 108 valence electrons. The smallest absolute Gasteiger partial charge is 0.419 e. The van der Waals surface area contributed by atoms with Crippen LogP contribution >= 0.6 is 0 Å². The summed E-state index contributed by atoms with van der Waals surface area (Å²) in [5.74, 6) is -3.19. The first kappa shape index (κ1) is 14.2. The normalized spacial score (nSPS) is 14.9. The Labute approximate surface area is 110 Å².